The van der Waals surface area contributed by atoms with Gasteiger partial charge in [-0.05, 0) is 37.2 Å². The third-order valence-corrected chi connectivity index (χ3v) is 3.56. The molecular weight excluding hydrogens is 208 g/mol. The minimum Gasteiger partial charge on any atom is -0.385 e. The van der Waals surface area contributed by atoms with E-state index in [0.29, 0.717) is 0 Å². The van der Waals surface area contributed by atoms with Gasteiger partial charge in [0, 0.05) is 13.7 Å². The van der Waals surface area contributed by atoms with E-state index >= 15 is 0 Å². The van der Waals surface area contributed by atoms with E-state index in [2.05, 4.69) is 6.07 Å². The van der Waals surface area contributed by atoms with Crippen molar-refractivity contribution in [3.05, 3.63) is 0 Å². The Kier molecular flexibility index (Phi) is 8.88. The number of nitriles is 1. The van der Waals surface area contributed by atoms with Crippen LogP contribution in [-0.4, -0.2) is 30.8 Å². The van der Waals surface area contributed by atoms with Gasteiger partial charge in [-0.25, -0.2) is 0 Å². The second kappa shape index (κ2) is 9.02. The van der Waals surface area contributed by atoms with Crippen LogP contribution in [0.5, 0.6) is 0 Å². The van der Waals surface area contributed by atoms with Gasteiger partial charge in [-0.2, -0.15) is 17.0 Å². The molecular formula is C11H22N2OS. The number of nitrogens with zero attached hydrogens (tertiary/aromatic N) is 1. The van der Waals surface area contributed by atoms with Crippen LogP contribution in [0.25, 0.3) is 0 Å². The van der Waals surface area contributed by atoms with Crippen LogP contribution >= 0.6 is 11.8 Å². The largest absolute Gasteiger partial charge is 0.385 e. The topological polar surface area (TPSA) is 59.0 Å². The maximum atomic E-state index is 8.86. The third-order valence-electron chi connectivity index (χ3n) is 2.40. The molecule has 3 nitrogen and oxygen atoms in total. The molecule has 0 aromatic heterocycles. The number of nitrogens with two attached hydrogens (primary N) is 1. The molecule has 0 amide bonds. The Morgan fingerprint density at radius 1 is 1.40 bits per heavy atom. The second-order valence-corrected chi connectivity index (χ2v) is 4.91. The number of hydrogen-bond acceptors (Lipinski definition) is 4. The van der Waals surface area contributed by atoms with Gasteiger partial charge >= 0.3 is 0 Å². The molecule has 0 aromatic rings. The Bertz CT molecular complexity index is 194. The maximum absolute atomic E-state index is 8.86. The first-order valence-corrected chi connectivity index (χ1v) is 6.61. The average Bonchev–Trinajstić information content (AvgIpc) is 2.27. The van der Waals surface area contributed by atoms with Crippen molar-refractivity contribution >= 4 is 11.8 Å². The molecule has 0 aliphatic rings. The summed E-state index contributed by atoms with van der Waals surface area (Å²) in [7, 11) is 1.72. The van der Waals surface area contributed by atoms with Gasteiger partial charge < -0.3 is 10.5 Å². The molecule has 0 aliphatic carbocycles. The molecule has 15 heavy (non-hydrogen) atoms. The lowest BCUT2D eigenvalue weighted by molar-refractivity contribution is 0.200. The van der Waals surface area contributed by atoms with Crippen LogP contribution < -0.4 is 5.73 Å². The molecule has 0 saturated heterocycles. The Balaban J connectivity index is 3.35. The number of ether oxygens (including phenoxy) is 1. The van der Waals surface area contributed by atoms with Gasteiger partial charge in [-0.3, -0.25) is 0 Å². The SMILES string of the molecule is CCC(N)(C#N)CCCSCCCOC. The van der Waals surface area contributed by atoms with E-state index in [4.69, 9.17) is 15.7 Å². The molecule has 0 heterocycles. The summed E-state index contributed by atoms with van der Waals surface area (Å²) < 4.78 is 4.96. The zero-order valence-corrected chi connectivity index (χ0v) is 10.6. The molecule has 0 rings (SSSR count). The van der Waals surface area contributed by atoms with Crippen molar-refractivity contribution < 1.29 is 4.74 Å². The molecule has 1 atom stereocenters. The quantitative estimate of drug-likeness (QED) is 0.617. The average molecular weight is 230 g/mol. The summed E-state index contributed by atoms with van der Waals surface area (Å²) in [6.45, 7) is 2.80. The van der Waals surface area contributed by atoms with E-state index in [0.717, 1.165) is 43.8 Å². The summed E-state index contributed by atoms with van der Waals surface area (Å²) in [6.07, 6.45) is 3.66. The Hall–Kier alpha value is -0.240. The fourth-order valence-electron chi connectivity index (χ4n) is 1.21. The highest BCUT2D eigenvalue weighted by molar-refractivity contribution is 7.99. The summed E-state index contributed by atoms with van der Waals surface area (Å²) in [5.41, 5.74) is 5.26. The van der Waals surface area contributed by atoms with E-state index in [9.17, 15) is 0 Å². The Morgan fingerprint density at radius 3 is 2.60 bits per heavy atom. The molecule has 0 fully saturated rings. The van der Waals surface area contributed by atoms with Crippen molar-refractivity contribution in [3.63, 3.8) is 0 Å². The molecule has 0 spiro atoms. The standard InChI is InChI=1S/C11H22N2OS/c1-3-11(13,10-12)6-4-8-15-9-5-7-14-2/h3-9,13H2,1-2H3. The highest BCUT2D eigenvalue weighted by atomic mass is 32.2. The van der Waals surface area contributed by atoms with E-state index in [1.807, 2.05) is 18.7 Å². The predicted octanol–water partition coefficient (Wildman–Crippen LogP) is 2.17. The van der Waals surface area contributed by atoms with Crippen molar-refractivity contribution in [2.24, 2.45) is 5.73 Å². The number of rotatable bonds is 9. The first-order chi connectivity index (χ1) is 7.18. The van der Waals surface area contributed by atoms with Gasteiger partial charge in [0.2, 0.25) is 0 Å². The van der Waals surface area contributed by atoms with Crippen LogP contribution in [0, 0.1) is 11.3 Å². The number of hydrogen-bond donors (Lipinski definition) is 1. The van der Waals surface area contributed by atoms with Crippen molar-refractivity contribution in [2.45, 2.75) is 38.1 Å². The van der Waals surface area contributed by atoms with E-state index < -0.39 is 5.54 Å². The number of methoxy groups -OCH3 is 1. The lowest BCUT2D eigenvalue weighted by atomic mass is 9.94. The van der Waals surface area contributed by atoms with Gasteiger partial charge in [0.1, 0.15) is 5.54 Å². The van der Waals surface area contributed by atoms with Gasteiger partial charge in [0.05, 0.1) is 6.07 Å². The lowest BCUT2D eigenvalue weighted by Gasteiger charge is -2.18. The number of thioether (sulfide) groups is 1. The fourth-order valence-corrected chi connectivity index (χ4v) is 2.08. The van der Waals surface area contributed by atoms with Gasteiger partial charge in [-0.1, -0.05) is 6.92 Å². The Labute approximate surface area is 97.4 Å². The first kappa shape index (κ1) is 14.8. The minimum atomic E-state index is -0.604. The van der Waals surface area contributed by atoms with E-state index in [1.165, 1.54) is 0 Å². The van der Waals surface area contributed by atoms with Crippen LogP contribution in [0.1, 0.15) is 32.6 Å². The van der Waals surface area contributed by atoms with Crippen LogP contribution in [0.15, 0.2) is 0 Å². The lowest BCUT2D eigenvalue weighted by Crippen LogP contribution is -2.37. The Morgan fingerprint density at radius 2 is 2.07 bits per heavy atom. The van der Waals surface area contributed by atoms with Crippen LogP contribution in [0.3, 0.4) is 0 Å². The van der Waals surface area contributed by atoms with Crippen LogP contribution in [-0.2, 0) is 4.74 Å². The second-order valence-electron chi connectivity index (χ2n) is 3.68. The van der Waals surface area contributed by atoms with Crippen molar-refractivity contribution in [2.75, 3.05) is 25.2 Å². The van der Waals surface area contributed by atoms with Gasteiger partial charge in [0.15, 0.2) is 0 Å². The molecule has 0 aliphatic heterocycles. The highest BCUT2D eigenvalue weighted by Gasteiger charge is 2.20. The highest BCUT2D eigenvalue weighted by Crippen LogP contribution is 2.15. The zero-order chi connectivity index (χ0) is 11.6. The minimum absolute atomic E-state index is 0.604. The smallest absolute Gasteiger partial charge is 0.104 e. The van der Waals surface area contributed by atoms with Gasteiger partial charge in [-0.15, -0.1) is 0 Å². The van der Waals surface area contributed by atoms with Crippen LogP contribution in [0.2, 0.25) is 0 Å². The van der Waals surface area contributed by atoms with Crippen molar-refractivity contribution in [1.82, 2.24) is 0 Å². The zero-order valence-electron chi connectivity index (χ0n) is 9.79. The summed E-state index contributed by atoms with van der Waals surface area (Å²) in [6, 6.07) is 2.19. The molecule has 0 aromatic carbocycles. The molecule has 0 radical (unpaired) electrons. The van der Waals surface area contributed by atoms with E-state index in [1.54, 1.807) is 7.11 Å². The van der Waals surface area contributed by atoms with Gasteiger partial charge in [0.25, 0.3) is 0 Å². The molecule has 4 heteroatoms. The van der Waals surface area contributed by atoms with Crippen molar-refractivity contribution in [1.29, 1.82) is 5.26 Å². The molecule has 0 bridgehead atoms. The monoisotopic (exact) mass is 230 g/mol. The summed E-state index contributed by atoms with van der Waals surface area (Å²) in [4.78, 5) is 0. The predicted molar refractivity (Wildman–Crippen MR) is 65.9 cm³/mol. The van der Waals surface area contributed by atoms with Crippen molar-refractivity contribution in [3.8, 4) is 6.07 Å². The fraction of sp³-hybridized carbons (Fsp3) is 0.909. The maximum Gasteiger partial charge on any atom is 0.104 e. The summed E-state index contributed by atoms with van der Waals surface area (Å²) in [5.74, 6) is 2.22. The summed E-state index contributed by atoms with van der Waals surface area (Å²) in [5, 5.41) is 8.86. The summed E-state index contributed by atoms with van der Waals surface area (Å²) >= 11 is 1.91. The molecule has 2 N–H and O–H groups in total. The third kappa shape index (κ3) is 7.66. The molecule has 1 unspecified atom stereocenters. The normalized spacial score (nSPS) is 14.5. The van der Waals surface area contributed by atoms with Crippen LogP contribution in [0.4, 0.5) is 0 Å². The molecule has 88 valence electrons. The first-order valence-electron chi connectivity index (χ1n) is 5.45. The van der Waals surface area contributed by atoms with E-state index in [-0.39, 0.29) is 0 Å². The molecule has 0 saturated carbocycles.